The number of hydrogen-bond donors (Lipinski definition) is 1. The van der Waals surface area contributed by atoms with Crippen LogP contribution in [0, 0.1) is 0 Å². The van der Waals surface area contributed by atoms with Crippen molar-refractivity contribution in [3.63, 3.8) is 0 Å². The second kappa shape index (κ2) is 9.09. The van der Waals surface area contributed by atoms with Gasteiger partial charge in [-0.3, -0.25) is 4.79 Å². The van der Waals surface area contributed by atoms with Gasteiger partial charge in [-0.15, -0.1) is 0 Å². The molecule has 1 atom stereocenters. The molecular formula is C24H22ClNO4. The van der Waals surface area contributed by atoms with Crippen LogP contribution < -0.4 is 19.5 Å². The van der Waals surface area contributed by atoms with Crippen molar-refractivity contribution >= 4 is 17.5 Å². The Balaban J connectivity index is 1.54. The lowest BCUT2D eigenvalue weighted by Gasteiger charge is -2.20. The van der Waals surface area contributed by atoms with Crippen LogP contribution in [0.15, 0.2) is 66.7 Å². The molecule has 30 heavy (non-hydrogen) atoms. The van der Waals surface area contributed by atoms with E-state index in [0.29, 0.717) is 23.4 Å². The highest BCUT2D eigenvalue weighted by molar-refractivity contribution is 6.30. The number of benzene rings is 3. The zero-order valence-electron chi connectivity index (χ0n) is 16.6. The summed E-state index contributed by atoms with van der Waals surface area (Å²) < 4.78 is 16.1. The minimum atomic E-state index is -0.156. The van der Waals surface area contributed by atoms with Gasteiger partial charge in [0.1, 0.15) is 5.75 Å². The van der Waals surface area contributed by atoms with E-state index >= 15 is 0 Å². The summed E-state index contributed by atoms with van der Waals surface area (Å²) in [5, 5.41) is 3.69. The van der Waals surface area contributed by atoms with Crippen molar-refractivity contribution < 1.29 is 19.0 Å². The number of hydrogen-bond acceptors (Lipinski definition) is 4. The van der Waals surface area contributed by atoms with Gasteiger partial charge in [0.2, 0.25) is 6.79 Å². The Morgan fingerprint density at radius 3 is 2.50 bits per heavy atom. The maximum absolute atomic E-state index is 12.8. The molecule has 4 rings (SSSR count). The van der Waals surface area contributed by atoms with E-state index < -0.39 is 0 Å². The summed E-state index contributed by atoms with van der Waals surface area (Å²) in [5.41, 5.74) is 2.70. The van der Waals surface area contributed by atoms with Gasteiger partial charge >= 0.3 is 0 Å². The van der Waals surface area contributed by atoms with Gasteiger partial charge in [0.25, 0.3) is 5.91 Å². The van der Waals surface area contributed by atoms with Crippen molar-refractivity contribution in [2.75, 3.05) is 13.9 Å². The Morgan fingerprint density at radius 1 is 1.00 bits per heavy atom. The largest absolute Gasteiger partial charge is 0.497 e. The van der Waals surface area contributed by atoms with Crippen LogP contribution in [0.3, 0.4) is 0 Å². The van der Waals surface area contributed by atoms with Crippen LogP contribution in [0.5, 0.6) is 17.2 Å². The second-order valence-electron chi connectivity index (χ2n) is 7.12. The van der Waals surface area contributed by atoms with E-state index in [-0.39, 0.29) is 18.7 Å². The molecule has 5 nitrogen and oxygen atoms in total. The van der Waals surface area contributed by atoms with E-state index in [1.54, 1.807) is 31.4 Å². The van der Waals surface area contributed by atoms with Crippen LogP contribution in [-0.2, 0) is 12.8 Å². The molecule has 1 heterocycles. The van der Waals surface area contributed by atoms with Crippen LogP contribution in [0.4, 0.5) is 0 Å². The van der Waals surface area contributed by atoms with Gasteiger partial charge in [0.05, 0.1) is 7.11 Å². The van der Waals surface area contributed by atoms with Gasteiger partial charge in [-0.05, 0) is 66.4 Å². The van der Waals surface area contributed by atoms with Crippen LogP contribution in [0.1, 0.15) is 21.5 Å². The third-order valence-electron chi connectivity index (χ3n) is 4.98. The van der Waals surface area contributed by atoms with Crippen molar-refractivity contribution in [3.8, 4) is 17.2 Å². The molecule has 1 unspecified atom stereocenters. The first-order valence-electron chi connectivity index (χ1n) is 9.68. The highest BCUT2D eigenvalue weighted by Gasteiger charge is 2.18. The molecule has 1 aliphatic heterocycles. The SMILES string of the molecule is COc1ccc(CC(Cc2ccc3c(c2)OCO3)NC(=O)c2cccc(Cl)c2)cc1. The monoisotopic (exact) mass is 423 g/mol. The molecule has 0 aromatic heterocycles. The molecule has 0 radical (unpaired) electrons. The number of halogens is 1. The molecule has 3 aromatic carbocycles. The summed E-state index contributed by atoms with van der Waals surface area (Å²) in [6, 6.07) is 20.6. The number of fused-ring (bicyclic) bond motifs is 1. The van der Waals surface area contributed by atoms with E-state index in [2.05, 4.69) is 5.32 Å². The number of carbonyl (C=O) groups excluding carboxylic acids is 1. The van der Waals surface area contributed by atoms with Crippen molar-refractivity contribution in [3.05, 3.63) is 88.4 Å². The molecule has 0 aliphatic carbocycles. The summed E-state index contributed by atoms with van der Waals surface area (Å²) in [5.74, 6) is 2.12. The van der Waals surface area contributed by atoms with Gasteiger partial charge in [-0.25, -0.2) is 0 Å². The number of amides is 1. The highest BCUT2D eigenvalue weighted by Crippen LogP contribution is 2.33. The summed E-state index contributed by atoms with van der Waals surface area (Å²) in [7, 11) is 1.64. The molecule has 1 aliphatic rings. The number of rotatable bonds is 7. The van der Waals surface area contributed by atoms with Gasteiger partial charge in [0.15, 0.2) is 11.5 Å². The van der Waals surface area contributed by atoms with Crippen LogP contribution in [0.2, 0.25) is 5.02 Å². The fourth-order valence-electron chi connectivity index (χ4n) is 3.47. The van der Waals surface area contributed by atoms with Gasteiger partial charge in [-0.2, -0.15) is 0 Å². The fraction of sp³-hybridized carbons (Fsp3) is 0.208. The van der Waals surface area contributed by atoms with Gasteiger partial charge in [0, 0.05) is 16.6 Å². The van der Waals surface area contributed by atoms with Crippen molar-refractivity contribution in [1.82, 2.24) is 5.32 Å². The molecule has 0 fully saturated rings. The standard InChI is InChI=1S/C24H22ClNO4/c1-28-21-8-5-16(6-9-21)11-20(26-24(27)18-3-2-4-19(25)14-18)12-17-7-10-22-23(13-17)30-15-29-22/h2-10,13-14,20H,11-12,15H2,1H3,(H,26,27). The Morgan fingerprint density at radius 2 is 1.73 bits per heavy atom. The normalized spacial score (nSPS) is 13.0. The maximum atomic E-state index is 12.8. The lowest BCUT2D eigenvalue weighted by Crippen LogP contribution is -2.38. The molecule has 1 amide bonds. The molecule has 154 valence electrons. The van der Waals surface area contributed by atoms with Crippen molar-refractivity contribution in [1.29, 1.82) is 0 Å². The molecule has 6 heteroatoms. The van der Waals surface area contributed by atoms with Crippen molar-refractivity contribution in [2.45, 2.75) is 18.9 Å². The molecular weight excluding hydrogens is 402 g/mol. The van der Waals surface area contributed by atoms with E-state index in [4.69, 9.17) is 25.8 Å². The zero-order valence-corrected chi connectivity index (χ0v) is 17.3. The molecule has 0 saturated carbocycles. The molecule has 0 bridgehead atoms. The van der Waals surface area contributed by atoms with E-state index in [1.165, 1.54) is 0 Å². The topological polar surface area (TPSA) is 56.8 Å². The van der Waals surface area contributed by atoms with Gasteiger partial charge < -0.3 is 19.5 Å². The van der Waals surface area contributed by atoms with E-state index in [1.807, 2.05) is 42.5 Å². The third-order valence-corrected chi connectivity index (χ3v) is 5.22. The Hall–Kier alpha value is -3.18. The average molecular weight is 424 g/mol. The molecule has 1 N–H and O–H groups in total. The Bertz CT molecular complexity index is 1040. The predicted octanol–water partition coefficient (Wildman–Crippen LogP) is 4.66. The average Bonchev–Trinajstić information content (AvgIpc) is 3.22. The summed E-state index contributed by atoms with van der Waals surface area (Å²) in [4.78, 5) is 12.8. The van der Waals surface area contributed by atoms with E-state index in [0.717, 1.165) is 28.4 Å². The number of nitrogens with one attached hydrogen (secondary N) is 1. The minimum Gasteiger partial charge on any atom is -0.497 e. The molecule has 0 spiro atoms. The zero-order chi connectivity index (χ0) is 20.9. The number of carbonyl (C=O) groups is 1. The maximum Gasteiger partial charge on any atom is 0.251 e. The predicted molar refractivity (Wildman–Crippen MR) is 116 cm³/mol. The fourth-order valence-corrected chi connectivity index (χ4v) is 3.66. The third kappa shape index (κ3) is 4.86. The first-order valence-corrected chi connectivity index (χ1v) is 10.1. The smallest absolute Gasteiger partial charge is 0.251 e. The summed E-state index contributed by atoms with van der Waals surface area (Å²) in [6.07, 6.45) is 1.32. The van der Waals surface area contributed by atoms with Crippen LogP contribution >= 0.6 is 11.6 Å². The lowest BCUT2D eigenvalue weighted by molar-refractivity contribution is 0.0936. The van der Waals surface area contributed by atoms with Gasteiger partial charge in [-0.1, -0.05) is 35.9 Å². The van der Waals surface area contributed by atoms with Crippen LogP contribution in [-0.4, -0.2) is 25.9 Å². The Labute approximate surface area is 180 Å². The van der Waals surface area contributed by atoms with E-state index in [9.17, 15) is 4.79 Å². The van der Waals surface area contributed by atoms with Crippen molar-refractivity contribution in [2.24, 2.45) is 0 Å². The summed E-state index contributed by atoms with van der Waals surface area (Å²) in [6.45, 7) is 0.236. The number of methoxy groups -OCH3 is 1. The first kappa shape index (κ1) is 20.1. The van der Waals surface area contributed by atoms with Crippen LogP contribution in [0.25, 0.3) is 0 Å². The quantitative estimate of drug-likeness (QED) is 0.600. The summed E-state index contributed by atoms with van der Waals surface area (Å²) >= 11 is 6.05. The highest BCUT2D eigenvalue weighted by atomic mass is 35.5. The Kier molecular flexibility index (Phi) is 6.10. The molecule has 0 saturated heterocycles. The second-order valence-corrected chi connectivity index (χ2v) is 7.56. The number of ether oxygens (including phenoxy) is 3. The lowest BCUT2D eigenvalue weighted by atomic mass is 9.98. The first-order chi connectivity index (χ1) is 14.6. The molecule has 3 aromatic rings. The minimum absolute atomic E-state index is 0.120.